The van der Waals surface area contributed by atoms with E-state index in [1.807, 2.05) is 0 Å². The molecule has 2 rings (SSSR count). The standard InChI is InChI=1S/C10H5BrFNO/c11-7-2-1-6-4-10(12,5-13)9(14)8(6)3-7/h1-3H,4H2. The molecule has 1 aromatic carbocycles. The van der Waals surface area contributed by atoms with Gasteiger partial charge in [-0.05, 0) is 17.7 Å². The van der Waals surface area contributed by atoms with Gasteiger partial charge in [0, 0.05) is 16.5 Å². The third-order valence-corrected chi connectivity index (χ3v) is 2.78. The molecule has 1 unspecified atom stereocenters. The highest BCUT2D eigenvalue weighted by molar-refractivity contribution is 9.10. The Balaban J connectivity index is 2.58. The van der Waals surface area contributed by atoms with Crippen molar-refractivity contribution in [3.05, 3.63) is 33.8 Å². The summed E-state index contributed by atoms with van der Waals surface area (Å²) in [6.07, 6.45) is -0.134. The highest BCUT2D eigenvalue weighted by atomic mass is 79.9. The average Bonchev–Trinajstić information content (AvgIpc) is 2.42. The second-order valence-corrected chi connectivity index (χ2v) is 4.14. The quantitative estimate of drug-likeness (QED) is 0.713. The number of rotatable bonds is 0. The van der Waals surface area contributed by atoms with Crippen molar-refractivity contribution in [1.29, 1.82) is 5.26 Å². The summed E-state index contributed by atoms with van der Waals surface area (Å²) < 4.78 is 14.3. The van der Waals surface area contributed by atoms with Crippen molar-refractivity contribution in [3.8, 4) is 6.07 Å². The van der Waals surface area contributed by atoms with Crippen LogP contribution in [0.1, 0.15) is 15.9 Å². The minimum atomic E-state index is -2.36. The van der Waals surface area contributed by atoms with Gasteiger partial charge >= 0.3 is 0 Å². The van der Waals surface area contributed by atoms with E-state index in [-0.39, 0.29) is 6.42 Å². The van der Waals surface area contributed by atoms with Crippen LogP contribution < -0.4 is 0 Å². The fraction of sp³-hybridized carbons (Fsp3) is 0.200. The Bertz CT molecular complexity index is 466. The summed E-state index contributed by atoms with van der Waals surface area (Å²) in [6.45, 7) is 0. The molecule has 0 fully saturated rings. The van der Waals surface area contributed by atoms with Gasteiger partial charge in [-0.2, -0.15) is 5.26 Å². The summed E-state index contributed by atoms with van der Waals surface area (Å²) in [5, 5.41) is 8.58. The lowest BCUT2D eigenvalue weighted by atomic mass is 10.0. The van der Waals surface area contributed by atoms with Gasteiger partial charge in [0.15, 0.2) is 0 Å². The van der Waals surface area contributed by atoms with Crippen LogP contribution in [-0.4, -0.2) is 11.5 Å². The lowest BCUT2D eigenvalue weighted by molar-refractivity contribution is 0.0820. The van der Waals surface area contributed by atoms with Gasteiger partial charge in [-0.25, -0.2) is 4.39 Å². The van der Waals surface area contributed by atoms with Gasteiger partial charge in [0.25, 0.3) is 5.67 Å². The number of carbonyl (C=O) groups is 1. The van der Waals surface area contributed by atoms with Crippen molar-refractivity contribution in [3.63, 3.8) is 0 Å². The van der Waals surface area contributed by atoms with Gasteiger partial charge in [-0.1, -0.05) is 22.0 Å². The first-order valence-corrected chi connectivity index (χ1v) is 4.79. The Kier molecular flexibility index (Phi) is 1.93. The van der Waals surface area contributed by atoms with Crippen LogP contribution in [0.4, 0.5) is 4.39 Å². The van der Waals surface area contributed by atoms with Crippen LogP contribution in [0.3, 0.4) is 0 Å². The Morgan fingerprint density at radius 1 is 1.57 bits per heavy atom. The summed E-state index contributed by atoms with van der Waals surface area (Å²) in [6, 6.07) is 6.37. The summed E-state index contributed by atoms with van der Waals surface area (Å²) in [5.41, 5.74) is -1.45. The number of alkyl halides is 1. The number of nitrogens with zero attached hydrogens (tertiary/aromatic N) is 1. The zero-order valence-corrected chi connectivity index (χ0v) is 8.64. The van der Waals surface area contributed by atoms with Crippen LogP contribution in [0.25, 0.3) is 0 Å². The summed E-state index contributed by atoms with van der Waals surface area (Å²) >= 11 is 3.19. The van der Waals surface area contributed by atoms with Crippen molar-refractivity contribution in [2.75, 3.05) is 0 Å². The summed E-state index contributed by atoms with van der Waals surface area (Å²) in [7, 11) is 0. The number of carbonyl (C=O) groups excluding carboxylic acids is 1. The van der Waals surface area contributed by atoms with Gasteiger partial charge in [-0.3, -0.25) is 4.79 Å². The van der Waals surface area contributed by atoms with Crippen LogP contribution in [0.5, 0.6) is 0 Å². The van der Waals surface area contributed by atoms with Gasteiger partial charge in [0.05, 0.1) is 0 Å². The molecule has 0 amide bonds. The smallest absolute Gasteiger partial charge is 0.261 e. The van der Waals surface area contributed by atoms with E-state index in [1.165, 1.54) is 6.07 Å². The van der Waals surface area contributed by atoms with Gasteiger partial charge in [0.1, 0.15) is 6.07 Å². The van der Waals surface area contributed by atoms with Crippen LogP contribution in [0, 0.1) is 11.3 Å². The first kappa shape index (κ1) is 9.35. The molecule has 0 saturated carbocycles. The van der Waals surface area contributed by atoms with E-state index in [0.717, 1.165) is 0 Å². The van der Waals surface area contributed by atoms with Crippen LogP contribution in [-0.2, 0) is 6.42 Å². The molecular weight excluding hydrogens is 249 g/mol. The molecule has 0 aliphatic heterocycles. The second kappa shape index (κ2) is 2.89. The van der Waals surface area contributed by atoms with E-state index in [0.29, 0.717) is 15.6 Å². The maximum Gasteiger partial charge on any atom is 0.261 e. The molecule has 0 heterocycles. The van der Waals surface area contributed by atoms with Crippen molar-refractivity contribution >= 4 is 21.7 Å². The first-order chi connectivity index (χ1) is 6.57. The molecule has 14 heavy (non-hydrogen) atoms. The molecule has 0 aromatic heterocycles. The number of fused-ring (bicyclic) bond motifs is 1. The molecular formula is C10H5BrFNO. The number of halogens is 2. The lowest BCUT2D eigenvalue weighted by Gasteiger charge is -2.04. The van der Waals surface area contributed by atoms with E-state index in [4.69, 9.17) is 5.26 Å². The number of nitriles is 1. The number of hydrogen-bond acceptors (Lipinski definition) is 2. The molecule has 0 spiro atoms. The van der Waals surface area contributed by atoms with Crippen molar-refractivity contribution in [2.45, 2.75) is 12.1 Å². The fourth-order valence-corrected chi connectivity index (χ4v) is 1.92. The minimum absolute atomic E-state index is 0.134. The third kappa shape index (κ3) is 1.17. The van der Waals surface area contributed by atoms with Crippen molar-refractivity contribution < 1.29 is 9.18 Å². The largest absolute Gasteiger partial charge is 0.289 e. The predicted molar refractivity (Wildman–Crippen MR) is 51.6 cm³/mol. The monoisotopic (exact) mass is 253 g/mol. The number of hydrogen-bond donors (Lipinski definition) is 0. The van der Waals surface area contributed by atoms with E-state index in [1.54, 1.807) is 18.2 Å². The van der Waals surface area contributed by atoms with Crippen molar-refractivity contribution in [2.24, 2.45) is 0 Å². The fourth-order valence-electron chi connectivity index (χ4n) is 1.56. The molecule has 4 heteroatoms. The minimum Gasteiger partial charge on any atom is -0.289 e. The lowest BCUT2D eigenvalue weighted by Crippen LogP contribution is -2.27. The van der Waals surface area contributed by atoms with Crippen LogP contribution >= 0.6 is 15.9 Å². The number of ketones is 1. The Morgan fingerprint density at radius 2 is 2.29 bits per heavy atom. The molecule has 1 aromatic rings. The van der Waals surface area contributed by atoms with Crippen LogP contribution in [0.2, 0.25) is 0 Å². The molecule has 1 aliphatic rings. The molecule has 0 radical (unpaired) electrons. The molecule has 1 atom stereocenters. The van der Waals surface area contributed by atoms with Gasteiger partial charge < -0.3 is 0 Å². The molecule has 70 valence electrons. The van der Waals surface area contributed by atoms with E-state index < -0.39 is 11.5 Å². The molecule has 0 saturated heterocycles. The Hall–Kier alpha value is -1.21. The molecule has 0 N–H and O–H groups in total. The summed E-state index contributed by atoms with van der Waals surface area (Å²) in [5.74, 6) is -0.726. The third-order valence-electron chi connectivity index (χ3n) is 2.29. The van der Waals surface area contributed by atoms with E-state index in [9.17, 15) is 9.18 Å². The highest BCUT2D eigenvalue weighted by Gasteiger charge is 2.46. The van der Waals surface area contributed by atoms with Crippen LogP contribution in [0.15, 0.2) is 22.7 Å². The molecule has 2 nitrogen and oxygen atoms in total. The highest BCUT2D eigenvalue weighted by Crippen LogP contribution is 2.34. The maximum absolute atomic E-state index is 13.6. The first-order valence-electron chi connectivity index (χ1n) is 4.00. The zero-order valence-electron chi connectivity index (χ0n) is 7.05. The Labute approximate surface area is 88.5 Å². The van der Waals surface area contributed by atoms with E-state index >= 15 is 0 Å². The predicted octanol–water partition coefficient (Wildman–Crippen LogP) is 2.42. The van der Waals surface area contributed by atoms with Gasteiger partial charge in [-0.15, -0.1) is 0 Å². The topological polar surface area (TPSA) is 40.9 Å². The normalized spacial score (nSPS) is 24.5. The number of Topliss-reactive ketones (excluding diaryl/α,β-unsaturated/α-hetero) is 1. The Morgan fingerprint density at radius 3 is 2.93 bits per heavy atom. The number of benzene rings is 1. The summed E-state index contributed by atoms with van der Waals surface area (Å²) in [4.78, 5) is 11.5. The SMILES string of the molecule is N#CC1(F)Cc2ccc(Br)cc2C1=O. The molecule has 1 aliphatic carbocycles. The average molecular weight is 254 g/mol. The molecule has 0 bridgehead atoms. The zero-order chi connectivity index (χ0) is 10.3. The van der Waals surface area contributed by atoms with E-state index in [2.05, 4.69) is 15.9 Å². The van der Waals surface area contributed by atoms with Crippen molar-refractivity contribution in [1.82, 2.24) is 0 Å². The second-order valence-electron chi connectivity index (χ2n) is 3.22. The van der Waals surface area contributed by atoms with Gasteiger partial charge in [0.2, 0.25) is 5.78 Å². The maximum atomic E-state index is 13.6.